The first-order chi connectivity index (χ1) is 8.70. The van der Waals surface area contributed by atoms with Crippen molar-refractivity contribution in [3.05, 3.63) is 53.9 Å². The molecule has 1 heterocycles. The van der Waals surface area contributed by atoms with Gasteiger partial charge in [0.2, 0.25) is 5.78 Å². The Bertz CT molecular complexity index is 543. The first-order valence-corrected chi connectivity index (χ1v) is 6.06. The first-order valence-electron chi connectivity index (χ1n) is 6.06. The fourth-order valence-corrected chi connectivity index (χ4v) is 1.83. The molecule has 1 aromatic carbocycles. The Morgan fingerprint density at radius 3 is 2.72 bits per heavy atom. The fourth-order valence-electron chi connectivity index (χ4n) is 1.83. The van der Waals surface area contributed by atoms with E-state index in [1.807, 2.05) is 42.1 Å². The lowest BCUT2D eigenvalue weighted by Crippen LogP contribution is -2.11. The maximum absolute atomic E-state index is 11.9. The zero-order valence-electron chi connectivity index (χ0n) is 10.7. The summed E-state index contributed by atoms with van der Waals surface area (Å²) in [5, 5.41) is 0. The molecule has 0 aliphatic heterocycles. The van der Waals surface area contributed by atoms with Crippen LogP contribution < -0.4 is 4.74 Å². The van der Waals surface area contributed by atoms with Crippen LogP contribution in [0.1, 0.15) is 22.8 Å². The number of carbonyl (C=O) groups is 1. The van der Waals surface area contributed by atoms with Gasteiger partial charge in [-0.25, -0.2) is 0 Å². The molecule has 1 aromatic heterocycles. The smallest absolute Gasteiger partial charge is 0.201 e. The van der Waals surface area contributed by atoms with Crippen LogP contribution in [0.2, 0.25) is 0 Å². The minimum atomic E-state index is 0.00139. The minimum absolute atomic E-state index is 0.00139. The summed E-state index contributed by atoms with van der Waals surface area (Å²) in [6, 6.07) is 9.61. The number of ether oxygens (including phenoxy) is 1. The highest BCUT2D eigenvalue weighted by atomic mass is 16.5. The molecule has 0 atom stereocenters. The predicted molar refractivity (Wildman–Crippen MR) is 71.1 cm³/mol. The molecule has 0 fully saturated rings. The SMILES string of the molecule is CCc1ccccc1OCC(=O)c1ccn(C)c1. The molecule has 2 rings (SSSR count). The van der Waals surface area contributed by atoms with Crippen molar-refractivity contribution in [1.82, 2.24) is 4.57 Å². The number of aromatic nitrogens is 1. The lowest BCUT2D eigenvalue weighted by Gasteiger charge is -2.08. The number of rotatable bonds is 5. The van der Waals surface area contributed by atoms with Gasteiger partial charge in [-0.2, -0.15) is 0 Å². The summed E-state index contributed by atoms with van der Waals surface area (Å²) in [5.74, 6) is 0.797. The van der Waals surface area contributed by atoms with Crippen LogP contribution >= 0.6 is 0 Å². The molecule has 0 saturated carbocycles. The molecular weight excluding hydrogens is 226 g/mol. The van der Waals surface area contributed by atoms with Crippen molar-refractivity contribution in [3.8, 4) is 5.75 Å². The molecule has 3 heteroatoms. The zero-order valence-corrected chi connectivity index (χ0v) is 10.7. The van der Waals surface area contributed by atoms with Crippen molar-refractivity contribution in [3.63, 3.8) is 0 Å². The lowest BCUT2D eigenvalue weighted by molar-refractivity contribution is 0.0921. The Morgan fingerprint density at radius 1 is 1.28 bits per heavy atom. The number of ketones is 1. The van der Waals surface area contributed by atoms with Gasteiger partial charge >= 0.3 is 0 Å². The highest BCUT2D eigenvalue weighted by Crippen LogP contribution is 2.18. The highest BCUT2D eigenvalue weighted by molar-refractivity contribution is 5.97. The standard InChI is InChI=1S/C15H17NO2/c1-3-12-6-4-5-7-15(12)18-11-14(17)13-8-9-16(2)10-13/h4-10H,3,11H2,1-2H3. The second kappa shape index (κ2) is 5.54. The van der Waals surface area contributed by atoms with Gasteiger partial charge < -0.3 is 9.30 Å². The molecule has 0 bridgehead atoms. The van der Waals surface area contributed by atoms with Crippen molar-refractivity contribution in [1.29, 1.82) is 0 Å². The molecule has 94 valence electrons. The summed E-state index contributed by atoms with van der Waals surface area (Å²) in [5.41, 5.74) is 1.81. The Morgan fingerprint density at radius 2 is 2.06 bits per heavy atom. The van der Waals surface area contributed by atoms with Crippen LogP contribution in [0, 0.1) is 0 Å². The van der Waals surface area contributed by atoms with Gasteiger partial charge in [0.15, 0.2) is 6.61 Å². The van der Waals surface area contributed by atoms with Gasteiger partial charge in [0.1, 0.15) is 5.75 Å². The van der Waals surface area contributed by atoms with Crippen molar-refractivity contribution < 1.29 is 9.53 Å². The summed E-state index contributed by atoms with van der Waals surface area (Å²) in [6.45, 7) is 2.15. The number of hydrogen-bond donors (Lipinski definition) is 0. The van der Waals surface area contributed by atoms with E-state index >= 15 is 0 Å². The summed E-state index contributed by atoms with van der Waals surface area (Å²) >= 11 is 0. The maximum Gasteiger partial charge on any atom is 0.201 e. The van der Waals surface area contributed by atoms with Gasteiger partial charge in [0, 0.05) is 25.0 Å². The van der Waals surface area contributed by atoms with Crippen LogP contribution in [0.4, 0.5) is 0 Å². The van der Waals surface area contributed by atoms with Crippen molar-refractivity contribution in [2.45, 2.75) is 13.3 Å². The van der Waals surface area contributed by atoms with Gasteiger partial charge in [-0.3, -0.25) is 4.79 Å². The molecule has 18 heavy (non-hydrogen) atoms. The van der Waals surface area contributed by atoms with Crippen LogP contribution in [0.3, 0.4) is 0 Å². The van der Waals surface area contributed by atoms with Crippen molar-refractivity contribution in [2.24, 2.45) is 7.05 Å². The molecular formula is C15H17NO2. The monoisotopic (exact) mass is 243 g/mol. The molecule has 0 aliphatic carbocycles. The second-order valence-electron chi connectivity index (χ2n) is 4.24. The Kier molecular flexibility index (Phi) is 3.82. The van der Waals surface area contributed by atoms with Crippen LogP contribution in [-0.2, 0) is 13.5 Å². The number of carbonyl (C=O) groups excluding carboxylic acids is 1. The highest BCUT2D eigenvalue weighted by Gasteiger charge is 2.09. The molecule has 0 aliphatic rings. The largest absolute Gasteiger partial charge is 0.485 e. The lowest BCUT2D eigenvalue weighted by atomic mass is 10.1. The molecule has 2 aromatic rings. The molecule has 0 unspecified atom stereocenters. The molecule has 0 N–H and O–H groups in total. The normalized spacial score (nSPS) is 10.3. The third-order valence-electron chi connectivity index (χ3n) is 2.87. The second-order valence-corrected chi connectivity index (χ2v) is 4.24. The average molecular weight is 243 g/mol. The summed E-state index contributed by atoms with van der Waals surface area (Å²) in [4.78, 5) is 11.9. The van der Waals surface area contributed by atoms with Gasteiger partial charge in [0.25, 0.3) is 0 Å². The van der Waals surface area contributed by atoms with E-state index in [4.69, 9.17) is 4.74 Å². The summed E-state index contributed by atoms with van der Waals surface area (Å²) in [7, 11) is 1.89. The van der Waals surface area contributed by atoms with Crippen LogP contribution in [0.5, 0.6) is 5.75 Å². The maximum atomic E-state index is 11.9. The molecule has 0 spiro atoms. The number of benzene rings is 1. The number of nitrogens with zero attached hydrogens (tertiary/aromatic N) is 1. The van der Waals surface area contributed by atoms with E-state index < -0.39 is 0 Å². The van der Waals surface area contributed by atoms with E-state index in [2.05, 4.69) is 6.92 Å². The van der Waals surface area contributed by atoms with E-state index in [1.165, 1.54) is 0 Å². The van der Waals surface area contributed by atoms with Crippen LogP contribution in [-0.4, -0.2) is 17.0 Å². The number of aryl methyl sites for hydroxylation is 2. The quantitative estimate of drug-likeness (QED) is 0.756. The average Bonchev–Trinajstić information content (AvgIpc) is 2.83. The van der Waals surface area contributed by atoms with Crippen molar-refractivity contribution >= 4 is 5.78 Å². The molecule has 3 nitrogen and oxygen atoms in total. The van der Waals surface area contributed by atoms with Gasteiger partial charge in [-0.05, 0) is 24.1 Å². The van der Waals surface area contributed by atoms with Gasteiger partial charge in [-0.15, -0.1) is 0 Å². The third-order valence-corrected chi connectivity index (χ3v) is 2.87. The van der Waals surface area contributed by atoms with Gasteiger partial charge in [0.05, 0.1) is 0 Å². The Labute approximate surface area is 107 Å². The molecule has 0 radical (unpaired) electrons. The van der Waals surface area contributed by atoms with E-state index in [9.17, 15) is 4.79 Å². The number of para-hydroxylation sites is 1. The Hall–Kier alpha value is -2.03. The predicted octanol–water partition coefficient (Wildman–Crippen LogP) is 2.85. The topological polar surface area (TPSA) is 31.2 Å². The van der Waals surface area contributed by atoms with E-state index in [0.29, 0.717) is 5.56 Å². The first kappa shape index (κ1) is 12.4. The van der Waals surface area contributed by atoms with E-state index in [0.717, 1.165) is 17.7 Å². The fraction of sp³-hybridized carbons (Fsp3) is 0.267. The van der Waals surface area contributed by atoms with E-state index in [-0.39, 0.29) is 12.4 Å². The number of Topliss-reactive ketones (excluding diaryl/α,β-unsaturated/α-hetero) is 1. The van der Waals surface area contributed by atoms with Crippen LogP contribution in [0.25, 0.3) is 0 Å². The molecule has 0 saturated heterocycles. The summed E-state index contributed by atoms with van der Waals surface area (Å²) < 4.78 is 7.45. The minimum Gasteiger partial charge on any atom is -0.485 e. The molecule has 0 amide bonds. The number of hydrogen-bond acceptors (Lipinski definition) is 2. The van der Waals surface area contributed by atoms with Crippen molar-refractivity contribution in [2.75, 3.05) is 6.61 Å². The van der Waals surface area contributed by atoms with E-state index in [1.54, 1.807) is 12.3 Å². The van der Waals surface area contributed by atoms with Gasteiger partial charge in [-0.1, -0.05) is 25.1 Å². The van der Waals surface area contributed by atoms with Crippen LogP contribution in [0.15, 0.2) is 42.7 Å². The summed E-state index contributed by atoms with van der Waals surface area (Å²) in [6.07, 6.45) is 4.56. The zero-order chi connectivity index (χ0) is 13.0. The third kappa shape index (κ3) is 2.80. The Balaban J connectivity index is 2.01.